The van der Waals surface area contributed by atoms with Crippen LogP contribution in [0.3, 0.4) is 0 Å². The Hall–Kier alpha value is -0.870. The van der Waals surface area contributed by atoms with Crippen molar-refractivity contribution in [3.05, 3.63) is 28.2 Å². The molecule has 4 heteroatoms. The number of carbonyl (C=O) groups is 1. The van der Waals surface area contributed by atoms with E-state index in [1.165, 1.54) is 12.2 Å². The first-order valence-electron chi connectivity index (χ1n) is 7.25. The maximum atomic E-state index is 11.4. The Morgan fingerprint density at radius 3 is 2.40 bits per heavy atom. The summed E-state index contributed by atoms with van der Waals surface area (Å²) in [5.41, 5.74) is 1.96. The molecule has 0 spiro atoms. The van der Waals surface area contributed by atoms with Crippen molar-refractivity contribution in [2.24, 2.45) is 5.92 Å². The zero-order chi connectivity index (χ0) is 14.7. The first kappa shape index (κ1) is 15.5. The van der Waals surface area contributed by atoms with E-state index in [-0.39, 0.29) is 5.78 Å². The van der Waals surface area contributed by atoms with Gasteiger partial charge in [0.2, 0.25) is 0 Å². The molecule has 0 aliphatic carbocycles. The summed E-state index contributed by atoms with van der Waals surface area (Å²) in [7, 11) is 0. The molecule has 0 N–H and O–H groups in total. The quantitative estimate of drug-likeness (QED) is 0.786. The third kappa shape index (κ3) is 3.83. The third-order valence-electron chi connectivity index (χ3n) is 3.69. The van der Waals surface area contributed by atoms with Gasteiger partial charge in [-0.2, -0.15) is 0 Å². The molecule has 1 aliphatic heterocycles. The van der Waals surface area contributed by atoms with Gasteiger partial charge in [-0.15, -0.1) is 0 Å². The highest BCUT2D eigenvalue weighted by Crippen LogP contribution is 2.25. The molecule has 0 bridgehead atoms. The van der Waals surface area contributed by atoms with E-state index in [9.17, 15) is 4.79 Å². The molecule has 2 rings (SSSR count). The summed E-state index contributed by atoms with van der Waals surface area (Å²) in [6.07, 6.45) is 0. The van der Waals surface area contributed by atoms with Crippen LogP contribution >= 0.6 is 15.9 Å². The standard InChI is InChI=1S/C16H23BrN2O/c1-12(2)11-18-6-8-19(9-7-18)14-4-5-15(13(3)20)16(17)10-14/h4-5,10,12H,6-9,11H2,1-3H3. The van der Waals surface area contributed by atoms with Crippen molar-refractivity contribution >= 4 is 27.4 Å². The number of hydrogen-bond donors (Lipinski definition) is 0. The molecule has 0 atom stereocenters. The van der Waals surface area contributed by atoms with E-state index in [1.807, 2.05) is 6.07 Å². The van der Waals surface area contributed by atoms with Crippen LogP contribution in [0.2, 0.25) is 0 Å². The number of halogens is 1. The van der Waals surface area contributed by atoms with E-state index in [0.717, 1.165) is 42.1 Å². The third-order valence-corrected chi connectivity index (χ3v) is 4.35. The fraction of sp³-hybridized carbons (Fsp3) is 0.562. The van der Waals surface area contributed by atoms with E-state index < -0.39 is 0 Å². The van der Waals surface area contributed by atoms with E-state index >= 15 is 0 Å². The Labute approximate surface area is 130 Å². The van der Waals surface area contributed by atoms with Crippen LogP contribution in [0.5, 0.6) is 0 Å². The Bertz CT molecular complexity index is 479. The molecule has 0 saturated carbocycles. The lowest BCUT2D eigenvalue weighted by Gasteiger charge is -2.37. The number of nitrogens with zero attached hydrogens (tertiary/aromatic N) is 2. The van der Waals surface area contributed by atoms with E-state index in [2.05, 4.69) is 51.7 Å². The summed E-state index contributed by atoms with van der Waals surface area (Å²) in [6, 6.07) is 6.04. The van der Waals surface area contributed by atoms with Crippen LogP contribution in [-0.2, 0) is 0 Å². The summed E-state index contributed by atoms with van der Waals surface area (Å²) in [5, 5.41) is 0. The smallest absolute Gasteiger partial charge is 0.160 e. The first-order chi connectivity index (χ1) is 9.47. The second kappa shape index (κ2) is 6.72. The molecule has 1 fully saturated rings. The van der Waals surface area contributed by atoms with Gasteiger partial charge < -0.3 is 4.90 Å². The van der Waals surface area contributed by atoms with Crippen molar-refractivity contribution < 1.29 is 4.79 Å². The zero-order valence-electron chi connectivity index (χ0n) is 12.5. The van der Waals surface area contributed by atoms with Gasteiger partial charge in [0.15, 0.2) is 5.78 Å². The average molecular weight is 339 g/mol. The van der Waals surface area contributed by atoms with Gasteiger partial charge in [-0.25, -0.2) is 0 Å². The Morgan fingerprint density at radius 1 is 1.25 bits per heavy atom. The van der Waals surface area contributed by atoms with Crippen LogP contribution in [0.25, 0.3) is 0 Å². The normalized spacial score (nSPS) is 16.8. The Morgan fingerprint density at radius 2 is 1.90 bits per heavy atom. The lowest BCUT2D eigenvalue weighted by molar-refractivity contribution is 0.101. The molecule has 1 aromatic carbocycles. The minimum absolute atomic E-state index is 0.102. The molecule has 1 heterocycles. The highest BCUT2D eigenvalue weighted by atomic mass is 79.9. The molecule has 0 radical (unpaired) electrons. The SMILES string of the molecule is CC(=O)c1ccc(N2CCN(CC(C)C)CC2)cc1Br. The fourth-order valence-corrected chi connectivity index (χ4v) is 3.34. The summed E-state index contributed by atoms with van der Waals surface area (Å²) < 4.78 is 0.895. The second-order valence-corrected chi connectivity index (χ2v) is 6.76. The highest BCUT2D eigenvalue weighted by molar-refractivity contribution is 9.10. The topological polar surface area (TPSA) is 23.6 Å². The van der Waals surface area contributed by atoms with Crippen LogP contribution in [0, 0.1) is 5.92 Å². The molecular formula is C16H23BrN2O. The van der Waals surface area contributed by atoms with Gasteiger partial charge >= 0.3 is 0 Å². The predicted octanol–water partition coefficient (Wildman–Crippen LogP) is 3.43. The number of carbonyl (C=O) groups excluding carboxylic acids is 1. The Kier molecular flexibility index (Phi) is 5.22. The number of hydrogen-bond acceptors (Lipinski definition) is 3. The van der Waals surface area contributed by atoms with Crippen molar-refractivity contribution in [3.63, 3.8) is 0 Å². The molecule has 1 aliphatic rings. The van der Waals surface area contributed by atoms with Gasteiger partial charge in [0.05, 0.1) is 0 Å². The van der Waals surface area contributed by atoms with Gasteiger partial charge in [-0.05, 0) is 47.0 Å². The molecule has 0 amide bonds. The van der Waals surface area contributed by atoms with Crippen molar-refractivity contribution in [2.45, 2.75) is 20.8 Å². The number of benzene rings is 1. The van der Waals surface area contributed by atoms with Crippen molar-refractivity contribution in [3.8, 4) is 0 Å². The first-order valence-corrected chi connectivity index (χ1v) is 8.04. The number of ketones is 1. The lowest BCUT2D eigenvalue weighted by Crippen LogP contribution is -2.47. The molecule has 1 saturated heterocycles. The largest absolute Gasteiger partial charge is 0.369 e. The highest BCUT2D eigenvalue weighted by Gasteiger charge is 2.18. The van der Waals surface area contributed by atoms with Crippen LogP contribution in [0.4, 0.5) is 5.69 Å². The maximum absolute atomic E-state index is 11.4. The number of Topliss-reactive ketones (excluding diaryl/α,β-unsaturated/α-hetero) is 1. The minimum Gasteiger partial charge on any atom is -0.369 e. The number of rotatable bonds is 4. The van der Waals surface area contributed by atoms with Crippen molar-refractivity contribution in [1.29, 1.82) is 0 Å². The molecule has 0 aromatic heterocycles. The zero-order valence-corrected chi connectivity index (χ0v) is 14.1. The van der Waals surface area contributed by atoms with Gasteiger partial charge in [0.1, 0.15) is 0 Å². The number of piperazine rings is 1. The minimum atomic E-state index is 0.102. The molecule has 0 unspecified atom stereocenters. The molecule has 110 valence electrons. The summed E-state index contributed by atoms with van der Waals surface area (Å²) in [5.74, 6) is 0.829. The van der Waals surface area contributed by atoms with Crippen LogP contribution in [0.1, 0.15) is 31.1 Å². The Balaban J connectivity index is 2.00. The van der Waals surface area contributed by atoms with E-state index in [1.54, 1.807) is 6.92 Å². The van der Waals surface area contributed by atoms with Gasteiger partial charge in [-0.3, -0.25) is 9.69 Å². The second-order valence-electron chi connectivity index (χ2n) is 5.90. The van der Waals surface area contributed by atoms with Crippen molar-refractivity contribution in [2.75, 3.05) is 37.6 Å². The summed E-state index contributed by atoms with van der Waals surface area (Å²) in [4.78, 5) is 16.4. The van der Waals surface area contributed by atoms with Gasteiger partial charge in [0, 0.05) is 48.4 Å². The predicted molar refractivity (Wildman–Crippen MR) is 87.6 cm³/mol. The monoisotopic (exact) mass is 338 g/mol. The number of anilines is 1. The molecule has 20 heavy (non-hydrogen) atoms. The lowest BCUT2D eigenvalue weighted by atomic mass is 10.1. The van der Waals surface area contributed by atoms with Gasteiger partial charge in [0.25, 0.3) is 0 Å². The van der Waals surface area contributed by atoms with Crippen LogP contribution in [-0.4, -0.2) is 43.4 Å². The fourth-order valence-electron chi connectivity index (χ4n) is 2.69. The van der Waals surface area contributed by atoms with Crippen LogP contribution < -0.4 is 4.90 Å². The summed E-state index contributed by atoms with van der Waals surface area (Å²) >= 11 is 3.50. The van der Waals surface area contributed by atoms with Gasteiger partial charge in [-0.1, -0.05) is 13.8 Å². The maximum Gasteiger partial charge on any atom is 0.160 e. The summed E-state index contributed by atoms with van der Waals surface area (Å²) in [6.45, 7) is 11.7. The molecular weight excluding hydrogens is 316 g/mol. The molecule has 1 aromatic rings. The van der Waals surface area contributed by atoms with Crippen LogP contribution in [0.15, 0.2) is 22.7 Å². The average Bonchev–Trinajstić information content (AvgIpc) is 2.38. The molecule has 3 nitrogen and oxygen atoms in total. The van der Waals surface area contributed by atoms with Crippen molar-refractivity contribution in [1.82, 2.24) is 4.90 Å². The van der Waals surface area contributed by atoms with E-state index in [4.69, 9.17) is 0 Å². The van der Waals surface area contributed by atoms with E-state index in [0.29, 0.717) is 0 Å².